The van der Waals surface area contributed by atoms with Crippen LogP contribution >= 0.6 is 0 Å². The quantitative estimate of drug-likeness (QED) is 0.655. The fourth-order valence-electron chi connectivity index (χ4n) is 3.27. The lowest BCUT2D eigenvalue weighted by Crippen LogP contribution is -2.49. The summed E-state index contributed by atoms with van der Waals surface area (Å²) in [6.45, 7) is 5.63. The number of aryl methyl sites for hydroxylation is 1. The number of pyridine rings is 1. The Bertz CT molecular complexity index is 1020. The third kappa shape index (κ3) is 5.59. The van der Waals surface area contributed by atoms with Crippen molar-refractivity contribution in [2.75, 3.05) is 0 Å². The lowest BCUT2D eigenvalue weighted by molar-refractivity contribution is -0.123. The van der Waals surface area contributed by atoms with E-state index in [1.807, 2.05) is 60.3 Å². The Labute approximate surface area is 176 Å². The number of carbonyl (C=O) groups excluding carboxylic acids is 2. The number of rotatable bonds is 6. The maximum Gasteiger partial charge on any atom is 0.408 e. The molecule has 7 nitrogen and oxygen atoms in total. The predicted octanol–water partition coefficient (Wildman–Crippen LogP) is 3.33. The number of carbonyl (C=O) groups is 2. The molecule has 7 heteroatoms. The number of hydrogen-bond acceptors (Lipinski definition) is 4. The normalized spacial score (nSPS) is 12.4. The second kappa shape index (κ2) is 8.98. The average molecular weight is 409 g/mol. The number of aromatic nitrogens is 2. The Morgan fingerprint density at radius 2 is 1.87 bits per heavy atom. The van der Waals surface area contributed by atoms with Crippen LogP contribution in [0.3, 0.4) is 0 Å². The van der Waals surface area contributed by atoms with Crippen molar-refractivity contribution in [3.05, 3.63) is 66.1 Å². The van der Waals surface area contributed by atoms with Crippen molar-refractivity contribution in [2.24, 2.45) is 7.05 Å². The number of ether oxygens (including phenoxy) is 1. The largest absolute Gasteiger partial charge is 0.444 e. The van der Waals surface area contributed by atoms with E-state index in [9.17, 15) is 9.59 Å². The van der Waals surface area contributed by atoms with E-state index >= 15 is 0 Å². The summed E-state index contributed by atoms with van der Waals surface area (Å²) in [6, 6.07) is 12.7. The average Bonchev–Trinajstić information content (AvgIpc) is 3.01. The second-order valence-corrected chi connectivity index (χ2v) is 8.22. The summed E-state index contributed by atoms with van der Waals surface area (Å²) in [7, 11) is 1.96. The summed E-state index contributed by atoms with van der Waals surface area (Å²) in [5.41, 5.74) is 2.13. The van der Waals surface area contributed by atoms with E-state index in [1.165, 1.54) is 0 Å². The topological polar surface area (TPSA) is 85.2 Å². The Morgan fingerprint density at radius 1 is 1.13 bits per heavy atom. The number of benzene rings is 1. The van der Waals surface area contributed by atoms with Crippen LogP contribution in [0.1, 0.15) is 32.0 Å². The number of hydrogen-bond donors (Lipinski definition) is 2. The Kier molecular flexibility index (Phi) is 6.40. The number of alkyl carbamates (subject to hydrolysis) is 1. The van der Waals surface area contributed by atoms with Crippen LogP contribution in [0.2, 0.25) is 0 Å². The Morgan fingerprint density at radius 3 is 2.57 bits per heavy atom. The molecule has 2 heterocycles. The van der Waals surface area contributed by atoms with Gasteiger partial charge in [0.2, 0.25) is 5.91 Å². The van der Waals surface area contributed by atoms with Crippen LogP contribution in [0.4, 0.5) is 4.79 Å². The third-order valence-corrected chi connectivity index (χ3v) is 4.58. The molecule has 0 saturated carbocycles. The van der Waals surface area contributed by atoms with Crippen LogP contribution in [0.5, 0.6) is 0 Å². The molecule has 1 aromatic carbocycles. The Hall–Kier alpha value is -3.35. The summed E-state index contributed by atoms with van der Waals surface area (Å²) >= 11 is 0. The van der Waals surface area contributed by atoms with Gasteiger partial charge >= 0.3 is 6.09 Å². The van der Waals surface area contributed by atoms with Gasteiger partial charge in [-0.2, -0.15) is 0 Å². The number of para-hydroxylation sites is 1. The molecule has 3 aromatic rings. The van der Waals surface area contributed by atoms with Crippen molar-refractivity contribution in [2.45, 2.75) is 45.4 Å². The maximum atomic E-state index is 12.9. The van der Waals surface area contributed by atoms with Gasteiger partial charge in [0.15, 0.2) is 0 Å². The molecule has 0 saturated heterocycles. The van der Waals surface area contributed by atoms with E-state index < -0.39 is 17.7 Å². The van der Waals surface area contributed by atoms with E-state index in [-0.39, 0.29) is 12.5 Å². The zero-order valence-corrected chi connectivity index (χ0v) is 17.8. The second-order valence-electron chi connectivity index (χ2n) is 8.22. The van der Waals surface area contributed by atoms with Crippen molar-refractivity contribution < 1.29 is 14.3 Å². The molecule has 1 unspecified atom stereocenters. The molecule has 0 aliphatic rings. The lowest BCUT2D eigenvalue weighted by Gasteiger charge is -2.23. The summed E-state index contributed by atoms with van der Waals surface area (Å²) in [4.78, 5) is 29.5. The minimum absolute atomic E-state index is 0.279. The number of amides is 2. The van der Waals surface area contributed by atoms with Gasteiger partial charge in [-0.15, -0.1) is 0 Å². The van der Waals surface area contributed by atoms with Crippen LogP contribution in [0.25, 0.3) is 10.9 Å². The molecule has 0 bridgehead atoms. The fourth-order valence-corrected chi connectivity index (χ4v) is 3.27. The van der Waals surface area contributed by atoms with E-state index in [0.29, 0.717) is 6.42 Å². The molecule has 0 spiro atoms. The highest BCUT2D eigenvalue weighted by Crippen LogP contribution is 2.22. The van der Waals surface area contributed by atoms with Crippen molar-refractivity contribution in [3.8, 4) is 0 Å². The first kappa shape index (κ1) is 21.4. The molecule has 2 aromatic heterocycles. The van der Waals surface area contributed by atoms with E-state index in [1.54, 1.807) is 27.0 Å². The molecule has 1 atom stereocenters. The van der Waals surface area contributed by atoms with Gasteiger partial charge in [-0.05, 0) is 44.5 Å². The molecule has 2 N–H and O–H groups in total. The van der Waals surface area contributed by atoms with Gasteiger partial charge in [-0.25, -0.2) is 4.79 Å². The summed E-state index contributed by atoms with van der Waals surface area (Å²) in [5.74, 6) is -0.292. The number of nitrogens with zero attached hydrogens (tertiary/aromatic N) is 2. The monoisotopic (exact) mass is 408 g/mol. The highest BCUT2D eigenvalue weighted by molar-refractivity contribution is 5.88. The van der Waals surface area contributed by atoms with Crippen LogP contribution in [-0.2, 0) is 29.5 Å². The molecular weight excluding hydrogens is 380 g/mol. The zero-order chi connectivity index (χ0) is 21.7. The minimum atomic E-state index is -0.783. The summed E-state index contributed by atoms with van der Waals surface area (Å²) < 4.78 is 7.38. The molecule has 0 radical (unpaired) electrons. The molecular formula is C23H28N4O3. The van der Waals surface area contributed by atoms with Crippen LogP contribution in [0.15, 0.2) is 54.9 Å². The maximum absolute atomic E-state index is 12.9. The molecule has 3 rings (SSSR count). The molecule has 0 fully saturated rings. The van der Waals surface area contributed by atoms with Gasteiger partial charge in [0, 0.05) is 36.8 Å². The van der Waals surface area contributed by atoms with Gasteiger partial charge in [0.25, 0.3) is 0 Å². The minimum Gasteiger partial charge on any atom is -0.444 e. The number of nitrogens with one attached hydrogen (secondary N) is 2. The molecule has 158 valence electrons. The van der Waals surface area contributed by atoms with Gasteiger partial charge in [0.1, 0.15) is 11.6 Å². The smallest absolute Gasteiger partial charge is 0.408 e. The number of fused-ring (bicyclic) bond motifs is 1. The van der Waals surface area contributed by atoms with Gasteiger partial charge in [0.05, 0.1) is 12.2 Å². The predicted molar refractivity (Wildman–Crippen MR) is 116 cm³/mol. The summed E-state index contributed by atoms with van der Waals surface area (Å²) in [6.07, 6.45) is 3.38. The van der Waals surface area contributed by atoms with Crippen molar-refractivity contribution in [1.82, 2.24) is 20.2 Å². The Balaban J connectivity index is 1.79. The van der Waals surface area contributed by atoms with Crippen molar-refractivity contribution in [1.29, 1.82) is 0 Å². The van der Waals surface area contributed by atoms with Gasteiger partial charge < -0.3 is 19.9 Å². The zero-order valence-electron chi connectivity index (χ0n) is 17.8. The standard InChI is InChI=1S/C23H28N4O3/c1-23(2,3)30-22(29)26-19(21(28)25-14-17-9-7-8-12-24-17)13-16-15-27(4)20-11-6-5-10-18(16)20/h5-12,15,19H,13-14H2,1-4H3,(H,25,28)(H,26,29). The first-order valence-corrected chi connectivity index (χ1v) is 9.93. The van der Waals surface area contributed by atoms with Crippen LogP contribution in [0, 0.1) is 0 Å². The first-order valence-electron chi connectivity index (χ1n) is 9.93. The van der Waals surface area contributed by atoms with E-state index in [2.05, 4.69) is 15.6 Å². The van der Waals surface area contributed by atoms with Gasteiger partial charge in [-0.3, -0.25) is 9.78 Å². The molecule has 2 amide bonds. The van der Waals surface area contributed by atoms with Crippen LogP contribution in [-0.4, -0.2) is 33.2 Å². The lowest BCUT2D eigenvalue weighted by atomic mass is 10.0. The van der Waals surface area contributed by atoms with Crippen molar-refractivity contribution in [3.63, 3.8) is 0 Å². The van der Waals surface area contributed by atoms with Crippen LogP contribution < -0.4 is 10.6 Å². The molecule has 0 aliphatic carbocycles. The molecule has 30 heavy (non-hydrogen) atoms. The van der Waals surface area contributed by atoms with Crippen molar-refractivity contribution >= 4 is 22.9 Å². The van der Waals surface area contributed by atoms with E-state index in [4.69, 9.17) is 4.74 Å². The fraction of sp³-hybridized carbons (Fsp3) is 0.348. The molecule has 0 aliphatic heterocycles. The van der Waals surface area contributed by atoms with Gasteiger partial charge in [-0.1, -0.05) is 24.3 Å². The first-order chi connectivity index (χ1) is 14.2. The van der Waals surface area contributed by atoms with E-state index in [0.717, 1.165) is 22.2 Å². The highest BCUT2D eigenvalue weighted by atomic mass is 16.6. The highest BCUT2D eigenvalue weighted by Gasteiger charge is 2.25. The SMILES string of the molecule is Cn1cc(CC(NC(=O)OC(C)(C)C)C(=O)NCc2ccccn2)c2ccccc21. The summed E-state index contributed by atoms with van der Waals surface area (Å²) in [5, 5.41) is 6.64. The third-order valence-electron chi connectivity index (χ3n) is 4.58.